The Bertz CT molecular complexity index is 136. The molecule has 0 saturated carbocycles. The maximum Gasteiger partial charge on any atom is 0.146 e. The van der Waals surface area contributed by atoms with Gasteiger partial charge in [0, 0.05) is 6.61 Å². The molecule has 14 heavy (non-hydrogen) atoms. The molecule has 2 atom stereocenters. The lowest BCUT2D eigenvalue weighted by Gasteiger charge is -2.15. The predicted molar refractivity (Wildman–Crippen MR) is 52.2 cm³/mol. The van der Waals surface area contributed by atoms with Gasteiger partial charge in [0.15, 0.2) is 0 Å². The fourth-order valence-corrected chi connectivity index (χ4v) is 1.01. The molecule has 0 aromatic carbocycles. The van der Waals surface area contributed by atoms with Crippen LogP contribution in [0, 0.1) is 0 Å². The van der Waals surface area contributed by atoms with Crippen molar-refractivity contribution in [2.75, 3.05) is 33.2 Å². The van der Waals surface area contributed by atoms with Crippen LogP contribution in [0.2, 0.25) is 0 Å². The number of hydrogen-bond acceptors (Lipinski definition) is 4. The molecule has 1 rings (SSSR count). The van der Waals surface area contributed by atoms with Crippen LogP contribution in [-0.4, -0.2) is 45.4 Å². The molecule has 1 fully saturated rings. The third kappa shape index (κ3) is 5.54. The van der Waals surface area contributed by atoms with Crippen molar-refractivity contribution in [1.29, 1.82) is 0 Å². The highest BCUT2D eigenvalue weighted by molar-refractivity contribution is 4.68. The fourth-order valence-electron chi connectivity index (χ4n) is 1.01. The molecule has 0 aromatic heterocycles. The van der Waals surface area contributed by atoms with Crippen LogP contribution in [0.4, 0.5) is 0 Å². The highest BCUT2D eigenvalue weighted by Crippen LogP contribution is 2.11. The Morgan fingerprint density at radius 3 is 2.71 bits per heavy atom. The smallest absolute Gasteiger partial charge is 0.146 e. The summed E-state index contributed by atoms with van der Waals surface area (Å²) in [7, 11) is 0. The Kier molecular flexibility index (Phi) is 6.10. The normalized spacial score (nSPS) is 22.3. The summed E-state index contributed by atoms with van der Waals surface area (Å²) in [6, 6.07) is 0. The first-order chi connectivity index (χ1) is 6.86. The van der Waals surface area contributed by atoms with Gasteiger partial charge in [-0.1, -0.05) is 6.92 Å². The van der Waals surface area contributed by atoms with Crippen LogP contribution in [-0.2, 0) is 18.9 Å². The molecule has 84 valence electrons. The van der Waals surface area contributed by atoms with Crippen LogP contribution in [0.3, 0.4) is 0 Å². The average molecular weight is 204 g/mol. The molecule has 0 radical (unpaired) electrons. The van der Waals surface area contributed by atoms with E-state index in [1.54, 1.807) is 0 Å². The molecule has 0 amide bonds. The number of epoxide rings is 1. The van der Waals surface area contributed by atoms with E-state index in [1.807, 2.05) is 6.92 Å². The lowest BCUT2D eigenvalue weighted by molar-refractivity contribution is -0.0916. The molecule has 2 unspecified atom stereocenters. The van der Waals surface area contributed by atoms with Crippen molar-refractivity contribution < 1.29 is 18.9 Å². The van der Waals surface area contributed by atoms with E-state index in [2.05, 4.69) is 6.92 Å². The maximum absolute atomic E-state index is 5.59. The highest BCUT2D eigenvalue weighted by Gasteiger charge is 2.23. The van der Waals surface area contributed by atoms with E-state index in [-0.39, 0.29) is 6.10 Å². The standard InChI is InChI=1S/C10H20O4/c1-3-9(5-12-8-11-4-2)13-6-10-7-14-10/h9-10H,3-8H2,1-2H3. The Labute approximate surface area is 85.5 Å². The van der Waals surface area contributed by atoms with Gasteiger partial charge in [0.2, 0.25) is 0 Å². The minimum atomic E-state index is 0.166. The van der Waals surface area contributed by atoms with Crippen molar-refractivity contribution >= 4 is 0 Å². The first kappa shape index (κ1) is 11.9. The number of hydrogen-bond donors (Lipinski definition) is 0. The van der Waals surface area contributed by atoms with Crippen molar-refractivity contribution in [2.45, 2.75) is 32.5 Å². The van der Waals surface area contributed by atoms with Gasteiger partial charge in [0.1, 0.15) is 12.9 Å². The van der Waals surface area contributed by atoms with Gasteiger partial charge in [-0.2, -0.15) is 0 Å². The summed E-state index contributed by atoms with van der Waals surface area (Å²) >= 11 is 0. The summed E-state index contributed by atoms with van der Waals surface area (Å²) in [5, 5.41) is 0. The highest BCUT2D eigenvalue weighted by atomic mass is 16.7. The molecule has 4 heteroatoms. The molecule has 1 saturated heterocycles. The molecule has 1 aliphatic rings. The second-order valence-corrected chi connectivity index (χ2v) is 3.30. The van der Waals surface area contributed by atoms with Crippen LogP contribution < -0.4 is 0 Å². The van der Waals surface area contributed by atoms with Gasteiger partial charge in [0.05, 0.1) is 25.9 Å². The van der Waals surface area contributed by atoms with E-state index >= 15 is 0 Å². The third-order valence-corrected chi connectivity index (χ3v) is 2.05. The molecule has 0 aliphatic carbocycles. The molecule has 0 bridgehead atoms. The van der Waals surface area contributed by atoms with Crippen molar-refractivity contribution in [3.63, 3.8) is 0 Å². The Balaban J connectivity index is 1.93. The Morgan fingerprint density at radius 1 is 1.36 bits per heavy atom. The van der Waals surface area contributed by atoms with Crippen LogP contribution in [0.1, 0.15) is 20.3 Å². The van der Waals surface area contributed by atoms with Gasteiger partial charge < -0.3 is 18.9 Å². The van der Waals surface area contributed by atoms with Gasteiger partial charge in [-0.25, -0.2) is 0 Å². The van der Waals surface area contributed by atoms with Gasteiger partial charge in [-0.15, -0.1) is 0 Å². The molecule has 0 spiro atoms. The Morgan fingerprint density at radius 2 is 2.14 bits per heavy atom. The van der Waals surface area contributed by atoms with E-state index in [4.69, 9.17) is 18.9 Å². The van der Waals surface area contributed by atoms with Crippen LogP contribution >= 0.6 is 0 Å². The molecular weight excluding hydrogens is 184 g/mol. The average Bonchev–Trinajstić information content (AvgIpc) is 3.01. The summed E-state index contributed by atoms with van der Waals surface area (Å²) < 4.78 is 21.0. The zero-order valence-corrected chi connectivity index (χ0v) is 9.03. The molecule has 0 aromatic rings. The van der Waals surface area contributed by atoms with Crippen molar-refractivity contribution in [2.24, 2.45) is 0 Å². The molecule has 4 nitrogen and oxygen atoms in total. The quantitative estimate of drug-likeness (QED) is 0.321. The van der Waals surface area contributed by atoms with Crippen molar-refractivity contribution in [1.82, 2.24) is 0 Å². The van der Waals surface area contributed by atoms with Crippen molar-refractivity contribution in [3.05, 3.63) is 0 Å². The number of ether oxygens (including phenoxy) is 4. The molecule has 0 N–H and O–H groups in total. The molecule has 1 heterocycles. The first-order valence-electron chi connectivity index (χ1n) is 5.25. The van der Waals surface area contributed by atoms with E-state index in [0.29, 0.717) is 32.7 Å². The summed E-state index contributed by atoms with van der Waals surface area (Å²) in [6.45, 7) is 7.21. The van der Waals surface area contributed by atoms with Crippen LogP contribution in [0.5, 0.6) is 0 Å². The van der Waals surface area contributed by atoms with Crippen LogP contribution in [0.25, 0.3) is 0 Å². The van der Waals surface area contributed by atoms with Gasteiger partial charge in [0.25, 0.3) is 0 Å². The summed E-state index contributed by atoms with van der Waals surface area (Å²) in [6.07, 6.45) is 1.45. The van der Waals surface area contributed by atoms with E-state index in [1.165, 1.54) is 0 Å². The lowest BCUT2D eigenvalue weighted by atomic mass is 10.3. The van der Waals surface area contributed by atoms with Gasteiger partial charge in [-0.05, 0) is 13.3 Å². The van der Waals surface area contributed by atoms with Gasteiger partial charge >= 0.3 is 0 Å². The fraction of sp³-hybridized carbons (Fsp3) is 1.00. The van der Waals surface area contributed by atoms with Crippen LogP contribution in [0.15, 0.2) is 0 Å². The summed E-state index contributed by atoms with van der Waals surface area (Å²) in [5.74, 6) is 0. The number of rotatable bonds is 9. The zero-order chi connectivity index (χ0) is 10.2. The van der Waals surface area contributed by atoms with E-state index in [0.717, 1.165) is 13.0 Å². The SMILES string of the molecule is CCOCOCC(CC)OCC1CO1. The monoisotopic (exact) mass is 204 g/mol. The van der Waals surface area contributed by atoms with E-state index in [9.17, 15) is 0 Å². The van der Waals surface area contributed by atoms with Gasteiger partial charge in [-0.3, -0.25) is 0 Å². The minimum absolute atomic E-state index is 0.166. The largest absolute Gasteiger partial charge is 0.373 e. The minimum Gasteiger partial charge on any atom is -0.373 e. The lowest BCUT2D eigenvalue weighted by Crippen LogP contribution is -2.22. The second kappa shape index (κ2) is 7.17. The zero-order valence-electron chi connectivity index (χ0n) is 9.03. The molecular formula is C10H20O4. The molecule has 1 aliphatic heterocycles. The maximum atomic E-state index is 5.59. The van der Waals surface area contributed by atoms with E-state index < -0.39 is 0 Å². The Hall–Kier alpha value is -0.160. The summed E-state index contributed by atoms with van der Waals surface area (Å²) in [5.41, 5.74) is 0. The predicted octanol–water partition coefficient (Wildman–Crippen LogP) is 1.19. The summed E-state index contributed by atoms with van der Waals surface area (Å²) in [4.78, 5) is 0. The third-order valence-electron chi connectivity index (χ3n) is 2.05. The van der Waals surface area contributed by atoms with Crippen molar-refractivity contribution in [3.8, 4) is 0 Å². The first-order valence-corrected chi connectivity index (χ1v) is 5.25. The second-order valence-electron chi connectivity index (χ2n) is 3.30. The topological polar surface area (TPSA) is 40.2 Å².